The molecule has 34 heavy (non-hydrogen) atoms. The van der Waals surface area contributed by atoms with Crippen LogP contribution in [0.5, 0.6) is 0 Å². The average molecular weight is 457 g/mol. The summed E-state index contributed by atoms with van der Waals surface area (Å²) < 4.78 is 16.2. The number of rotatable bonds is 4. The fourth-order valence-electron chi connectivity index (χ4n) is 5.96. The lowest BCUT2D eigenvalue weighted by molar-refractivity contribution is -0.147. The number of fused-ring (bicyclic) bond motifs is 3. The van der Waals surface area contributed by atoms with Gasteiger partial charge in [0.05, 0.1) is 35.1 Å². The van der Waals surface area contributed by atoms with E-state index in [1.165, 1.54) is 6.07 Å². The van der Waals surface area contributed by atoms with E-state index in [4.69, 9.17) is 5.26 Å². The minimum Gasteiger partial charge on any atom is -0.273 e. The first-order valence-corrected chi connectivity index (χ1v) is 11.8. The Hall–Kier alpha value is -3.60. The number of carbonyl (C=O) groups is 1. The number of pyridine rings is 1. The van der Waals surface area contributed by atoms with Gasteiger partial charge >= 0.3 is 0 Å². The van der Waals surface area contributed by atoms with E-state index in [2.05, 4.69) is 21.3 Å². The molecule has 1 aliphatic heterocycles. The molecule has 3 aliphatic carbocycles. The van der Waals surface area contributed by atoms with E-state index in [-0.39, 0.29) is 23.7 Å². The van der Waals surface area contributed by atoms with Gasteiger partial charge in [-0.3, -0.25) is 14.5 Å². The molecule has 2 bridgehead atoms. The van der Waals surface area contributed by atoms with Gasteiger partial charge in [-0.25, -0.2) is 9.40 Å². The number of hydrogen-bond donors (Lipinski definition) is 0. The Morgan fingerprint density at radius 1 is 1.21 bits per heavy atom. The Morgan fingerprint density at radius 2 is 2.06 bits per heavy atom. The van der Waals surface area contributed by atoms with Gasteiger partial charge in [-0.05, 0) is 73.8 Å². The van der Waals surface area contributed by atoms with Gasteiger partial charge in [0.15, 0.2) is 0 Å². The second kappa shape index (κ2) is 8.01. The Morgan fingerprint density at radius 3 is 2.85 bits per heavy atom. The molecule has 4 aliphatic rings. The van der Waals surface area contributed by atoms with E-state index in [0.717, 1.165) is 36.7 Å². The first-order chi connectivity index (χ1) is 16.5. The quantitative estimate of drug-likeness (QED) is 0.583. The molecule has 1 aromatic carbocycles. The maximum Gasteiger partial charge on any atom is 0.246 e. The number of hydrogen-bond acceptors (Lipinski definition) is 5. The highest BCUT2D eigenvalue weighted by Gasteiger charge is 2.50. The number of aromatic nitrogens is 3. The molecule has 172 valence electrons. The zero-order chi connectivity index (χ0) is 23.4. The third-order valence-corrected chi connectivity index (χ3v) is 7.99. The number of amides is 1. The fourth-order valence-corrected chi connectivity index (χ4v) is 5.96. The van der Waals surface area contributed by atoms with Gasteiger partial charge in [-0.15, -0.1) is 0 Å². The minimum absolute atomic E-state index is 0.0388. The van der Waals surface area contributed by atoms with Crippen molar-refractivity contribution in [2.45, 2.75) is 45.2 Å². The van der Waals surface area contributed by atoms with Crippen molar-refractivity contribution in [3.05, 3.63) is 59.3 Å². The van der Waals surface area contributed by atoms with Crippen molar-refractivity contribution in [3.8, 4) is 6.07 Å². The highest BCUT2D eigenvalue weighted by molar-refractivity contribution is 5.83. The molecule has 3 atom stereocenters. The van der Waals surface area contributed by atoms with Crippen molar-refractivity contribution in [2.24, 2.45) is 28.8 Å². The summed E-state index contributed by atoms with van der Waals surface area (Å²) in [5, 5.41) is 20.6. The summed E-state index contributed by atoms with van der Waals surface area (Å²) in [4.78, 5) is 17.8. The van der Waals surface area contributed by atoms with Crippen LogP contribution in [0.1, 0.15) is 48.5 Å². The Kier molecular flexibility index (Phi) is 4.94. The van der Waals surface area contributed by atoms with Crippen LogP contribution in [-0.4, -0.2) is 31.9 Å². The number of benzene rings is 1. The molecule has 8 heteroatoms. The number of aryl methyl sites for hydroxylation is 1. The van der Waals surface area contributed by atoms with Crippen LogP contribution in [0, 0.1) is 47.7 Å². The van der Waals surface area contributed by atoms with E-state index < -0.39 is 0 Å². The molecular formula is C26H25FN6O. The van der Waals surface area contributed by atoms with Crippen LogP contribution in [0.25, 0.3) is 10.9 Å². The monoisotopic (exact) mass is 456 g/mol. The molecular weight excluding hydrogens is 431 g/mol. The smallest absolute Gasteiger partial charge is 0.246 e. The zero-order valence-electron chi connectivity index (χ0n) is 18.9. The summed E-state index contributed by atoms with van der Waals surface area (Å²) in [5.41, 5.74) is 2.68. The molecule has 3 fully saturated rings. The lowest BCUT2D eigenvalue weighted by Gasteiger charge is -2.51. The summed E-state index contributed by atoms with van der Waals surface area (Å²) in [6.45, 7) is 2.39. The molecule has 2 aromatic heterocycles. The van der Waals surface area contributed by atoms with Crippen LogP contribution >= 0.6 is 0 Å². The predicted octanol–water partition coefficient (Wildman–Crippen LogP) is 4.37. The summed E-state index contributed by atoms with van der Waals surface area (Å²) in [5.74, 6) is 0.969. The van der Waals surface area contributed by atoms with E-state index in [1.54, 1.807) is 24.3 Å². The molecule has 0 N–H and O–H groups in total. The van der Waals surface area contributed by atoms with Crippen LogP contribution in [-0.2, 0) is 11.3 Å². The number of halogens is 1. The molecule has 3 aromatic rings. The summed E-state index contributed by atoms with van der Waals surface area (Å²) in [6, 6.07) is 8.99. The molecule has 0 radical (unpaired) electrons. The highest BCUT2D eigenvalue weighted by atomic mass is 19.1. The summed E-state index contributed by atoms with van der Waals surface area (Å²) in [7, 11) is 0. The highest BCUT2D eigenvalue weighted by Crippen LogP contribution is 2.53. The van der Waals surface area contributed by atoms with E-state index in [0.29, 0.717) is 41.0 Å². The van der Waals surface area contributed by atoms with Crippen LogP contribution in [0.3, 0.4) is 0 Å². The topological polar surface area (TPSA) is 87.2 Å². The van der Waals surface area contributed by atoms with Crippen molar-refractivity contribution < 1.29 is 9.18 Å². The number of hydrazone groups is 1. The van der Waals surface area contributed by atoms with Crippen molar-refractivity contribution in [1.29, 1.82) is 5.26 Å². The van der Waals surface area contributed by atoms with Gasteiger partial charge in [-0.1, -0.05) is 0 Å². The van der Waals surface area contributed by atoms with Crippen LogP contribution < -0.4 is 0 Å². The summed E-state index contributed by atoms with van der Waals surface area (Å²) >= 11 is 0. The Bertz CT molecular complexity index is 1350. The first kappa shape index (κ1) is 21.0. The lowest BCUT2D eigenvalue weighted by Crippen LogP contribution is -2.49. The van der Waals surface area contributed by atoms with Crippen molar-refractivity contribution in [3.63, 3.8) is 0 Å². The Labute approximate surface area is 196 Å². The minimum atomic E-state index is -0.357. The molecule has 7 rings (SSSR count). The second-order valence-corrected chi connectivity index (χ2v) is 9.87. The van der Waals surface area contributed by atoms with Crippen molar-refractivity contribution in [1.82, 2.24) is 19.8 Å². The molecule has 3 unspecified atom stereocenters. The predicted molar refractivity (Wildman–Crippen MR) is 124 cm³/mol. The van der Waals surface area contributed by atoms with E-state index >= 15 is 0 Å². The van der Waals surface area contributed by atoms with E-state index in [1.807, 2.05) is 29.1 Å². The van der Waals surface area contributed by atoms with Gasteiger partial charge in [0.1, 0.15) is 5.82 Å². The fraction of sp³-hybridized carbons (Fsp3) is 0.423. The lowest BCUT2D eigenvalue weighted by atomic mass is 9.55. The van der Waals surface area contributed by atoms with Gasteiger partial charge in [0.25, 0.3) is 0 Å². The zero-order valence-corrected chi connectivity index (χ0v) is 18.9. The van der Waals surface area contributed by atoms with Gasteiger partial charge in [0.2, 0.25) is 5.91 Å². The Balaban J connectivity index is 1.20. The average Bonchev–Trinajstić information content (AvgIpc) is 3.47. The summed E-state index contributed by atoms with van der Waals surface area (Å²) in [6.07, 6.45) is 8.71. The van der Waals surface area contributed by atoms with Crippen molar-refractivity contribution in [2.75, 3.05) is 0 Å². The van der Waals surface area contributed by atoms with E-state index in [9.17, 15) is 9.18 Å². The normalized spacial score (nSPS) is 27.6. The molecule has 7 nitrogen and oxygen atoms in total. The molecule has 1 amide bonds. The van der Waals surface area contributed by atoms with Gasteiger partial charge in [0, 0.05) is 36.7 Å². The SMILES string of the molecule is Cc1ncc(C2CC=NN2C(=O)C2CC(Cn3ncc4cc(C#N)ccc43)C3CC2C3)cc1F. The molecule has 0 saturated heterocycles. The van der Waals surface area contributed by atoms with Gasteiger partial charge < -0.3 is 0 Å². The second-order valence-electron chi connectivity index (χ2n) is 9.87. The number of nitriles is 1. The molecule has 3 saturated carbocycles. The maximum atomic E-state index is 14.1. The molecule has 0 spiro atoms. The van der Waals surface area contributed by atoms with Crippen LogP contribution in [0.15, 0.2) is 41.8 Å². The first-order valence-electron chi connectivity index (χ1n) is 11.8. The van der Waals surface area contributed by atoms with Gasteiger partial charge in [-0.2, -0.15) is 15.5 Å². The van der Waals surface area contributed by atoms with Crippen molar-refractivity contribution >= 4 is 23.0 Å². The third kappa shape index (κ3) is 3.38. The van der Waals surface area contributed by atoms with Crippen LogP contribution in [0.2, 0.25) is 0 Å². The maximum absolute atomic E-state index is 14.1. The van der Waals surface area contributed by atoms with Crippen LogP contribution in [0.4, 0.5) is 4.39 Å². The number of nitrogens with zero attached hydrogens (tertiary/aromatic N) is 6. The standard InChI is InChI=1S/C26H25FN6O/c1-15-23(27)10-20(12-29-15)25-4-5-30-33(25)26(34)22-9-21(17-7-18(22)8-17)14-32-24-3-2-16(11-28)6-19(24)13-31-32/h2-3,5-6,10,12-13,17-18,21-22,25H,4,7-9,14H2,1H3. The number of carbonyl (C=O) groups excluding carboxylic acids is 1. The third-order valence-electron chi connectivity index (χ3n) is 7.99. The largest absolute Gasteiger partial charge is 0.273 e. The molecule has 3 heterocycles.